The van der Waals surface area contributed by atoms with E-state index in [-0.39, 0.29) is 17.7 Å². The number of carbonyl (C=O) groups is 2. The van der Waals surface area contributed by atoms with E-state index in [1.54, 1.807) is 0 Å². The summed E-state index contributed by atoms with van der Waals surface area (Å²) >= 11 is 0. The molecule has 2 aliphatic carbocycles. The van der Waals surface area contributed by atoms with Gasteiger partial charge >= 0.3 is 0 Å². The van der Waals surface area contributed by atoms with Crippen LogP contribution in [-0.2, 0) is 9.59 Å². The number of aliphatic carboxylic acids is 1. The number of anilines is 2. The van der Waals surface area contributed by atoms with Crippen molar-refractivity contribution in [3.8, 4) is 0 Å². The van der Waals surface area contributed by atoms with Crippen LogP contribution in [0.5, 0.6) is 0 Å². The van der Waals surface area contributed by atoms with E-state index < -0.39 is 17.8 Å². The van der Waals surface area contributed by atoms with Crippen molar-refractivity contribution in [2.75, 3.05) is 24.3 Å². The Hall–Kier alpha value is -2.30. The Kier molecular flexibility index (Phi) is 3.64. The van der Waals surface area contributed by atoms with Crippen molar-refractivity contribution < 1.29 is 14.7 Å². The van der Waals surface area contributed by atoms with Crippen LogP contribution in [0.4, 0.5) is 11.4 Å². The summed E-state index contributed by atoms with van der Waals surface area (Å²) in [4.78, 5) is 25.8. The third kappa shape index (κ3) is 2.47. The molecule has 1 amide bonds. The summed E-state index contributed by atoms with van der Waals surface area (Å²) in [6, 6.07) is 7.47. The first-order chi connectivity index (χ1) is 10.5. The third-order valence-corrected chi connectivity index (χ3v) is 4.69. The molecule has 0 aliphatic heterocycles. The van der Waals surface area contributed by atoms with Gasteiger partial charge in [-0.1, -0.05) is 12.2 Å². The van der Waals surface area contributed by atoms with Gasteiger partial charge in [-0.3, -0.25) is 4.79 Å². The molecule has 22 heavy (non-hydrogen) atoms. The van der Waals surface area contributed by atoms with Gasteiger partial charge in [-0.2, -0.15) is 0 Å². The number of fused-ring (bicyclic) bond motifs is 2. The molecule has 1 N–H and O–H groups in total. The summed E-state index contributed by atoms with van der Waals surface area (Å²) in [5, 5.41) is 14.2. The molecule has 2 bridgehead atoms. The lowest BCUT2D eigenvalue weighted by Gasteiger charge is -2.27. The monoisotopic (exact) mass is 299 g/mol. The van der Waals surface area contributed by atoms with Crippen LogP contribution in [0.15, 0.2) is 36.4 Å². The van der Waals surface area contributed by atoms with Gasteiger partial charge < -0.3 is 20.1 Å². The van der Waals surface area contributed by atoms with Crippen molar-refractivity contribution in [1.29, 1.82) is 0 Å². The molecular weight excluding hydrogens is 280 g/mol. The van der Waals surface area contributed by atoms with Crippen LogP contribution in [0.3, 0.4) is 0 Å². The molecule has 4 atom stereocenters. The Morgan fingerprint density at radius 3 is 2.23 bits per heavy atom. The zero-order valence-corrected chi connectivity index (χ0v) is 12.7. The van der Waals surface area contributed by atoms with Crippen molar-refractivity contribution in [2.24, 2.45) is 23.7 Å². The number of allylic oxidation sites excluding steroid dienone is 2. The summed E-state index contributed by atoms with van der Waals surface area (Å²) in [6.07, 6.45) is 4.60. The largest absolute Gasteiger partial charge is 0.550 e. The predicted molar refractivity (Wildman–Crippen MR) is 82.1 cm³/mol. The van der Waals surface area contributed by atoms with Gasteiger partial charge in [-0.05, 0) is 42.5 Å². The number of carbonyl (C=O) groups excluding carboxylic acids is 2. The number of nitrogens with one attached hydrogen (secondary N) is 1. The Labute approximate surface area is 129 Å². The van der Waals surface area contributed by atoms with Crippen LogP contribution in [0, 0.1) is 23.7 Å². The molecule has 1 aromatic carbocycles. The fraction of sp³-hybridized carbons (Fsp3) is 0.412. The summed E-state index contributed by atoms with van der Waals surface area (Å²) in [5.74, 6) is -2.66. The highest BCUT2D eigenvalue weighted by atomic mass is 16.4. The number of hydrogen-bond donors (Lipinski definition) is 1. The number of carboxylic acid groups (broad SMARTS) is 1. The Bertz CT molecular complexity index is 621. The van der Waals surface area contributed by atoms with Gasteiger partial charge in [0, 0.05) is 37.4 Å². The van der Waals surface area contributed by atoms with Gasteiger partial charge in [0.05, 0.1) is 5.92 Å². The molecule has 1 saturated carbocycles. The second-order valence-corrected chi connectivity index (χ2v) is 6.25. The van der Waals surface area contributed by atoms with Crippen molar-refractivity contribution in [3.05, 3.63) is 36.4 Å². The molecule has 1 fully saturated rings. The highest BCUT2D eigenvalue weighted by molar-refractivity contribution is 5.96. The normalized spacial score (nSPS) is 28.6. The van der Waals surface area contributed by atoms with Crippen LogP contribution in [0.2, 0.25) is 0 Å². The molecule has 0 radical (unpaired) electrons. The van der Waals surface area contributed by atoms with E-state index in [2.05, 4.69) is 5.32 Å². The zero-order chi connectivity index (χ0) is 15.9. The van der Waals surface area contributed by atoms with Crippen molar-refractivity contribution >= 4 is 23.3 Å². The first kappa shape index (κ1) is 14.6. The van der Waals surface area contributed by atoms with Crippen molar-refractivity contribution in [2.45, 2.75) is 6.42 Å². The van der Waals surface area contributed by atoms with Gasteiger partial charge in [-0.25, -0.2) is 0 Å². The molecule has 0 spiro atoms. The minimum absolute atomic E-state index is 0.00829. The number of benzene rings is 1. The number of hydrogen-bond acceptors (Lipinski definition) is 4. The van der Waals surface area contributed by atoms with E-state index in [0.29, 0.717) is 5.69 Å². The average Bonchev–Trinajstić information content (AvgIpc) is 3.08. The minimum Gasteiger partial charge on any atom is -0.550 e. The molecule has 116 valence electrons. The molecule has 0 aromatic heterocycles. The van der Waals surface area contributed by atoms with Crippen molar-refractivity contribution in [3.63, 3.8) is 0 Å². The molecule has 0 saturated heterocycles. The number of amides is 1. The van der Waals surface area contributed by atoms with Gasteiger partial charge in [0.1, 0.15) is 0 Å². The Morgan fingerprint density at radius 2 is 1.68 bits per heavy atom. The summed E-state index contributed by atoms with van der Waals surface area (Å²) in [6.45, 7) is 0. The molecule has 2 aliphatic rings. The van der Waals surface area contributed by atoms with Crippen molar-refractivity contribution in [1.82, 2.24) is 0 Å². The molecule has 5 heteroatoms. The highest BCUT2D eigenvalue weighted by Crippen LogP contribution is 2.48. The van der Waals surface area contributed by atoms with Crippen LogP contribution in [0.25, 0.3) is 0 Å². The van der Waals surface area contributed by atoms with E-state index in [1.807, 2.05) is 55.4 Å². The van der Waals surface area contributed by atoms with Crippen LogP contribution in [0.1, 0.15) is 6.42 Å². The van der Waals surface area contributed by atoms with Gasteiger partial charge in [0.2, 0.25) is 5.91 Å². The number of carboxylic acids is 1. The average molecular weight is 299 g/mol. The first-order valence-electron chi connectivity index (χ1n) is 7.45. The topological polar surface area (TPSA) is 72.5 Å². The maximum absolute atomic E-state index is 12.5. The molecule has 0 heterocycles. The standard InChI is InChI=1S/C17H20N2O3/c1-19(2)13-7-5-12(6-8-13)18-16(20)14-10-3-4-11(9-10)15(14)17(21)22/h3-8,10-11,14-15H,9H2,1-2H3,(H,18,20)(H,21,22)/p-1/t10-,11-,14-,15-/m0/s1. The van der Waals surface area contributed by atoms with Crippen LogP contribution in [-0.4, -0.2) is 26.0 Å². The maximum Gasteiger partial charge on any atom is 0.228 e. The van der Waals surface area contributed by atoms with Crippen LogP contribution >= 0.6 is 0 Å². The second kappa shape index (κ2) is 5.48. The zero-order valence-electron chi connectivity index (χ0n) is 12.7. The number of nitrogens with zero attached hydrogens (tertiary/aromatic N) is 1. The molecule has 1 aromatic rings. The van der Waals surface area contributed by atoms with E-state index in [0.717, 1.165) is 12.1 Å². The highest BCUT2D eigenvalue weighted by Gasteiger charge is 2.48. The van der Waals surface area contributed by atoms with Gasteiger partial charge in [-0.15, -0.1) is 0 Å². The lowest BCUT2D eigenvalue weighted by molar-refractivity contribution is -0.313. The Balaban J connectivity index is 1.74. The molecule has 5 nitrogen and oxygen atoms in total. The van der Waals surface area contributed by atoms with Gasteiger partial charge in [0.25, 0.3) is 0 Å². The second-order valence-electron chi connectivity index (χ2n) is 6.25. The lowest BCUT2D eigenvalue weighted by Crippen LogP contribution is -2.42. The smallest absolute Gasteiger partial charge is 0.228 e. The fourth-order valence-corrected chi connectivity index (χ4v) is 3.57. The maximum atomic E-state index is 12.5. The predicted octanol–water partition coefficient (Wildman–Crippen LogP) is 0.879. The van der Waals surface area contributed by atoms with E-state index in [1.165, 1.54) is 0 Å². The molecule has 0 unspecified atom stereocenters. The molecule has 3 rings (SSSR count). The number of rotatable bonds is 4. The van der Waals surface area contributed by atoms with E-state index >= 15 is 0 Å². The quantitative estimate of drug-likeness (QED) is 0.838. The Morgan fingerprint density at radius 1 is 1.09 bits per heavy atom. The lowest BCUT2D eigenvalue weighted by atomic mass is 9.82. The van der Waals surface area contributed by atoms with Gasteiger partial charge in [0.15, 0.2) is 0 Å². The van der Waals surface area contributed by atoms with E-state index in [4.69, 9.17) is 0 Å². The minimum atomic E-state index is -1.13. The molecular formula is C17H19N2O3-. The summed E-state index contributed by atoms with van der Waals surface area (Å²) < 4.78 is 0. The van der Waals surface area contributed by atoms with E-state index in [9.17, 15) is 14.7 Å². The fourth-order valence-electron chi connectivity index (χ4n) is 3.57. The summed E-state index contributed by atoms with van der Waals surface area (Å²) in [5.41, 5.74) is 1.72. The third-order valence-electron chi connectivity index (χ3n) is 4.69. The first-order valence-corrected chi connectivity index (χ1v) is 7.45. The van der Waals surface area contributed by atoms with Crippen LogP contribution < -0.4 is 15.3 Å². The SMILES string of the molecule is CN(C)c1ccc(NC(=O)[C@@H]2[C@@H](C(=O)[O-])[C@H]3C=C[C@H]2C3)cc1. The summed E-state index contributed by atoms with van der Waals surface area (Å²) in [7, 11) is 3.89.